The van der Waals surface area contributed by atoms with Crippen molar-refractivity contribution in [3.05, 3.63) is 52.2 Å². The van der Waals surface area contributed by atoms with Gasteiger partial charge in [0.2, 0.25) is 5.89 Å². The number of aryl methyl sites for hydroxylation is 3. The Kier molecular flexibility index (Phi) is 4.59. The van der Waals surface area contributed by atoms with Crippen LogP contribution in [0.4, 0.5) is 0 Å². The van der Waals surface area contributed by atoms with Gasteiger partial charge in [0.05, 0.1) is 12.2 Å². The van der Waals surface area contributed by atoms with E-state index in [9.17, 15) is 0 Å². The first kappa shape index (κ1) is 15.1. The van der Waals surface area contributed by atoms with E-state index in [1.807, 2.05) is 39.0 Å². The topological polar surface area (TPSA) is 96.7 Å². The summed E-state index contributed by atoms with van der Waals surface area (Å²) in [5.74, 6) is 1.66. The molecule has 2 rings (SSSR count). The second-order valence-electron chi connectivity index (χ2n) is 4.98. The van der Waals surface area contributed by atoms with E-state index >= 15 is 0 Å². The van der Waals surface area contributed by atoms with Crippen molar-refractivity contribution in [1.82, 2.24) is 10.3 Å². The van der Waals surface area contributed by atoms with Crippen LogP contribution in [0, 0.1) is 20.8 Å². The van der Waals surface area contributed by atoms with Gasteiger partial charge in [0.15, 0.2) is 5.84 Å². The first-order valence-corrected chi connectivity index (χ1v) is 6.72. The van der Waals surface area contributed by atoms with Crippen molar-refractivity contribution in [3.8, 4) is 0 Å². The fourth-order valence-corrected chi connectivity index (χ4v) is 2.03. The fraction of sp³-hybridized carbons (Fsp3) is 0.333. The van der Waals surface area contributed by atoms with Gasteiger partial charge in [-0.25, -0.2) is 4.98 Å². The maximum Gasteiger partial charge on any atom is 0.208 e. The van der Waals surface area contributed by atoms with Gasteiger partial charge in [-0.05, 0) is 38.0 Å². The second kappa shape index (κ2) is 6.41. The Labute approximate surface area is 123 Å². The third-order valence-electron chi connectivity index (χ3n) is 3.41. The Hall–Kier alpha value is -2.34. The second-order valence-corrected chi connectivity index (χ2v) is 4.98. The van der Waals surface area contributed by atoms with Gasteiger partial charge < -0.3 is 20.7 Å². The van der Waals surface area contributed by atoms with Crippen LogP contribution in [-0.2, 0) is 13.1 Å². The zero-order chi connectivity index (χ0) is 15.4. The van der Waals surface area contributed by atoms with Crippen molar-refractivity contribution in [1.29, 1.82) is 0 Å². The Morgan fingerprint density at radius 1 is 1.33 bits per heavy atom. The zero-order valence-electron chi connectivity index (χ0n) is 12.5. The number of nitrogens with zero attached hydrogens (tertiary/aromatic N) is 2. The first-order valence-electron chi connectivity index (χ1n) is 6.72. The number of rotatable bonds is 5. The molecule has 0 unspecified atom stereocenters. The van der Waals surface area contributed by atoms with Gasteiger partial charge in [-0.3, -0.25) is 0 Å². The van der Waals surface area contributed by atoms with Gasteiger partial charge in [0.1, 0.15) is 5.76 Å². The molecule has 0 aliphatic carbocycles. The lowest BCUT2D eigenvalue weighted by Crippen LogP contribution is -2.16. The zero-order valence-corrected chi connectivity index (χ0v) is 12.5. The summed E-state index contributed by atoms with van der Waals surface area (Å²) in [6, 6.07) is 5.69. The molecule has 0 amide bonds. The van der Waals surface area contributed by atoms with Crippen LogP contribution in [0.3, 0.4) is 0 Å². The number of aromatic nitrogens is 1. The monoisotopic (exact) mass is 288 g/mol. The molecule has 6 heteroatoms. The smallest absolute Gasteiger partial charge is 0.208 e. The maximum atomic E-state index is 8.67. The number of hydrogen-bond acceptors (Lipinski definition) is 5. The lowest BCUT2D eigenvalue weighted by Gasteiger charge is -2.08. The summed E-state index contributed by atoms with van der Waals surface area (Å²) in [7, 11) is 0. The molecular weight excluding hydrogens is 268 g/mol. The van der Waals surface area contributed by atoms with E-state index in [-0.39, 0.29) is 5.84 Å². The van der Waals surface area contributed by atoms with E-state index in [0.29, 0.717) is 24.5 Å². The Balaban J connectivity index is 1.97. The number of amidine groups is 1. The predicted molar refractivity (Wildman–Crippen MR) is 80.2 cm³/mol. The van der Waals surface area contributed by atoms with Crippen molar-refractivity contribution in [2.75, 3.05) is 0 Å². The number of nitrogens with two attached hydrogens (primary N) is 1. The highest BCUT2D eigenvalue weighted by molar-refractivity contribution is 5.97. The number of oxime groups is 1. The molecular formula is C15H20N4O2. The molecule has 0 atom stereocenters. The molecule has 6 nitrogen and oxygen atoms in total. The van der Waals surface area contributed by atoms with Gasteiger partial charge in [-0.1, -0.05) is 17.3 Å². The molecule has 0 spiro atoms. The molecule has 0 saturated carbocycles. The fourth-order valence-electron chi connectivity index (χ4n) is 2.03. The molecule has 112 valence electrons. The van der Waals surface area contributed by atoms with Crippen molar-refractivity contribution < 1.29 is 9.62 Å². The average molecular weight is 288 g/mol. The normalized spacial score (nSPS) is 11.9. The van der Waals surface area contributed by atoms with Crippen LogP contribution >= 0.6 is 0 Å². The lowest BCUT2D eigenvalue weighted by atomic mass is 10.0. The highest BCUT2D eigenvalue weighted by atomic mass is 16.4. The molecule has 0 saturated heterocycles. The predicted octanol–water partition coefficient (Wildman–Crippen LogP) is 1.98. The average Bonchev–Trinajstić information content (AvgIpc) is 2.78. The van der Waals surface area contributed by atoms with Crippen LogP contribution in [0.25, 0.3) is 0 Å². The van der Waals surface area contributed by atoms with Gasteiger partial charge in [-0.2, -0.15) is 0 Å². The van der Waals surface area contributed by atoms with Gasteiger partial charge in [0.25, 0.3) is 0 Å². The lowest BCUT2D eigenvalue weighted by molar-refractivity contribution is 0.318. The van der Waals surface area contributed by atoms with Crippen LogP contribution in [0.2, 0.25) is 0 Å². The van der Waals surface area contributed by atoms with Crippen LogP contribution < -0.4 is 11.1 Å². The minimum absolute atomic E-state index is 0.114. The standard InChI is InChI=1S/C15H20N4O2/c1-9-6-12(15(16)19-20)4-5-13(9)7-17-8-14-18-10(2)11(3)21-14/h4-6,17,20H,7-8H2,1-3H3,(H2,16,19). The summed E-state index contributed by atoms with van der Waals surface area (Å²) < 4.78 is 5.51. The molecule has 4 N–H and O–H groups in total. The third-order valence-corrected chi connectivity index (χ3v) is 3.41. The SMILES string of the molecule is Cc1cc(/C(N)=N/O)ccc1CNCc1nc(C)c(C)o1. The minimum atomic E-state index is 0.114. The van der Waals surface area contributed by atoms with E-state index in [1.54, 1.807) is 0 Å². The largest absolute Gasteiger partial charge is 0.444 e. The number of hydrogen-bond donors (Lipinski definition) is 3. The molecule has 2 aromatic rings. The summed E-state index contributed by atoms with van der Waals surface area (Å²) in [4.78, 5) is 4.32. The van der Waals surface area contributed by atoms with E-state index in [1.165, 1.54) is 0 Å². The molecule has 0 aliphatic heterocycles. The highest BCUT2D eigenvalue weighted by Gasteiger charge is 2.06. The van der Waals surface area contributed by atoms with Crippen LogP contribution in [0.1, 0.15) is 34.0 Å². The van der Waals surface area contributed by atoms with Crippen molar-refractivity contribution >= 4 is 5.84 Å². The first-order chi connectivity index (χ1) is 10.0. The van der Waals surface area contributed by atoms with E-state index < -0.39 is 0 Å². The van der Waals surface area contributed by atoms with Crippen molar-refractivity contribution in [2.45, 2.75) is 33.9 Å². The Morgan fingerprint density at radius 2 is 2.10 bits per heavy atom. The van der Waals surface area contributed by atoms with Gasteiger partial charge in [0, 0.05) is 12.1 Å². The molecule has 0 aliphatic rings. The van der Waals surface area contributed by atoms with Gasteiger partial charge >= 0.3 is 0 Å². The number of nitrogens with one attached hydrogen (secondary N) is 1. The summed E-state index contributed by atoms with van der Waals surface area (Å²) in [5, 5.41) is 15.0. The van der Waals surface area contributed by atoms with Crippen molar-refractivity contribution in [2.24, 2.45) is 10.9 Å². The molecule has 0 bridgehead atoms. The molecule has 21 heavy (non-hydrogen) atoms. The highest BCUT2D eigenvalue weighted by Crippen LogP contribution is 2.12. The van der Waals surface area contributed by atoms with E-state index in [4.69, 9.17) is 15.4 Å². The van der Waals surface area contributed by atoms with Gasteiger partial charge in [-0.15, -0.1) is 0 Å². The van der Waals surface area contributed by atoms with E-state index in [0.717, 1.165) is 22.6 Å². The third kappa shape index (κ3) is 3.61. The molecule has 0 radical (unpaired) electrons. The van der Waals surface area contributed by atoms with Crippen LogP contribution in [0.5, 0.6) is 0 Å². The molecule has 1 aromatic heterocycles. The van der Waals surface area contributed by atoms with Crippen LogP contribution in [-0.4, -0.2) is 16.0 Å². The van der Waals surface area contributed by atoms with Crippen LogP contribution in [0.15, 0.2) is 27.8 Å². The molecule has 1 aromatic carbocycles. The molecule has 1 heterocycles. The number of oxazole rings is 1. The summed E-state index contributed by atoms with van der Waals surface area (Å²) in [6.07, 6.45) is 0. The summed E-state index contributed by atoms with van der Waals surface area (Å²) in [6.45, 7) is 7.10. The minimum Gasteiger partial charge on any atom is -0.444 e. The summed E-state index contributed by atoms with van der Waals surface area (Å²) in [5.41, 5.74) is 9.42. The number of benzene rings is 1. The summed E-state index contributed by atoms with van der Waals surface area (Å²) >= 11 is 0. The quantitative estimate of drug-likeness (QED) is 0.338. The maximum absolute atomic E-state index is 8.67. The molecule has 0 fully saturated rings. The van der Waals surface area contributed by atoms with Crippen molar-refractivity contribution in [3.63, 3.8) is 0 Å². The van der Waals surface area contributed by atoms with E-state index in [2.05, 4.69) is 15.5 Å². The Morgan fingerprint density at radius 3 is 2.67 bits per heavy atom. The Bertz CT molecular complexity index is 642.